The number of thiophene rings is 1. The lowest BCUT2D eigenvalue weighted by Gasteiger charge is -2.27. The van der Waals surface area contributed by atoms with Crippen molar-refractivity contribution in [3.63, 3.8) is 0 Å². The Morgan fingerprint density at radius 1 is 1.20 bits per heavy atom. The van der Waals surface area contributed by atoms with E-state index in [0.29, 0.717) is 22.4 Å². The number of hydrogen-bond donors (Lipinski definition) is 2. The van der Waals surface area contributed by atoms with E-state index in [4.69, 9.17) is 9.15 Å². The molecule has 1 atom stereocenters. The summed E-state index contributed by atoms with van der Waals surface area (Å²) in [7, 11) is -2.67. The Morgan fingerprint density at radius 3 is 2.73 bits per heavy atom. The molecule has 2 N–H and O–H groups in total. The number of carbonyl (C=O) groups excluding carboxylic acids is 1. The van der Waals surface area contributed by atoms with E-state index in [9.17, 15) is 18.0 Å². The number of methoxy groups -OCH3 is 1. The van der Waals surface area contributed by atoms with Crippen molar-refractivity contribution in [2.24, 2.45) is 0 Å². The highest BCUT2D eigenvalue weighted by molar-refractivity contribution is 7.89. The number of pyridine rings is 1. The second-order valence-corrected chi connectivity index (χ2v) is 11.6. The van der Waals surface area contributed by atoms with Crippen LogP contribution in [0, 0.1) is 0 Å². The van der Waals surface area contributed by atoms with E-state index in [0.717, 1.165) is 4.88 Å². The Hall–Kier alpha value is -4.19. The molecule has 4 rings (SSSR count). The molecule has 4 aromatic rings. The van der Waals surface area contributed by atoms with Crippen LogP contribution in [0.15, 0.2) is 116 Å². The molecule has 11 heteroatoms. The van der Waals surface area contributed by atoms with Gasteiger partial charge >= 0.3 is 0 Å². The standard InChI is InChI=1S/C29H29N3O6S2/c1-20(7-4-8-21(2)37-3)28(29(34)32(18-23-9-5-15-38-23)19-24-10-6-16-39-24)31-40(35,36)25-12-13-26-22(17-25)11-14-27(33)30-26/h4-17,28,31H,1,18-19H2,2-3H3,(H,30,33)/b7-4-,21-8+/t28-/m1/s1. The van der Waals surface area contributed by atoms with Gasteiger partial charge in [0.2, 0.25) is 21.5 Å². The number of ether oxygens (including phenoxy) is 1. The molecule has 1 amide bonds. The number of aromatic amines is 1. The van der Waals surface area contributed by atoms with E-state index in [2.05, 4.69) is 16.3 Å². The number of amides is 1. The molecule has 0 spiro atoms. The molecule has 0 saturated carbocycles. The average Bonchev–Trinajstić information content (AvgIpc) is 3.65. The second kappa shape index (κ2) is 12.8. The Labute approximate surface area is 236 Å². The van der Waals surface area contributed by atoms with Crippen molar-refractivity contribution in [1.29, 1.82) is 0 Å². The van der Waals surface area contributed by atoms with Gasteiger partial charge in [0, 0.05) is 16.5 Å². The number of furan rings is 1. The second-order valence-electron chi connectivity index (χ2n) is 8.89. The van der Waals surface area contributed by atoms with Gasteiger partial charge in [0.15, 0.2) is 0 Å². The molecule has 3 heterocycles. The Morgan fingerprint density at radius 2 is 2.02 bits per heavy atom. The lowest BCUT2D eigenvalue weighted by atomic mass is 10.1. The molecule has 0 radical (unpaired) electrons. The van der Waals surface area contributed by atoms with Crippen LogP contribution in [0.25, 0.3) is 10.9 Å². The number of fused-ring (bicyclic) bond motifs is 1. The molecule has 0 saturated heterocycles. The highest BCUT2D eigenvalue weighted by Crippen LogP contribution is 2.21. The average molecular weight is 580 g/mol. The molecule has 208 valence electrons. The van der Waals surface area contributed by atoms with Crippen LogP contribution in [0.2, 0.25) is 0 Å². The molecule has 0 unspecified atom stereocenters. The molecule has 1 aromatic carbocycles. The van der Waals surface area contributed by atoms with E-state index in [1.54, 1.807) is 37.3 Å². The smallest absolute Gasteiger partial charge is 0.248 e. The van der Waals surface area contributed by atoms with Crippen molar-refractivity contribution in [3.8, 4) is 0 Å². The van der Waals surface area contributed by atoms with Gasteiger partial charge in [-0.3, -0.25) is 9.59 Å². The van der Waals surface area contributed by atoms with Crippen molar-refractivity contribution in [2.45, 2.75) is 31.0 Å². The highest BCUT2D eigenvalue weighted by atomic mass is 32.2. The SMILES string of the molecule is C=C(/C=C\C=C(/C)OC)[C@@H](NS(=O)(=O)c1ccc2[nH]c(=O)ccc2c1)C(=O)N(Cc1ccco1)Cc1cccs1. The van der Waals surface area contributed by atoms with E-state index >= 15 is 0 Å². The van der Waals surface area contributed by atoms with Gasteiger partial charge in [0.05, 0.1) is 37.1 Å². The Bertz CT molecular complexity index is 1670. The molecule has 0 aliphatic heterocycles. The number of carbonyl (C=O) groups is 1. The van der Waals surface area contributed by atoms with Crippen LogP contribution >= 0.6 is 11.3 Å². The van der Waals surface area contributed by atoms with Crippen LogP contribution in [-0.4, -0.2) is 37.4 Å². The maximum atomic E-state index is 14.0. The first-order valence-electron chi connectivity index (χ1n) is 12.2. The van der Waals surface area contributed by atoms with E-state index in [-0.39, 0.29) is 29.1 Å². The Balaban J connectivity index is 1.70. The van der Waals surface area contributed by atoms with Gasteiger partial charge in [-0.05, 0) is 71.8 Å². The van der Waals surface area contributed by atoms with Gasteiger partial charge in [0.25, 0.3) is 0 Å². The van der Waals surface area contributed by atoms with Crippen LogP contribution in [0.3, 0.4) is 0 Å². The van der Waals surface area contributed by atoms with Gasteiger partial charge in [-0.15, -0.1) is 11.3 Å². The normalized spacial score (nSPS) is 13.0. The number of allylic oxidation sites excluding steroid dienone is 3. The van der Waals surface area contributed by atoms with Crippen molar-refractivity contribution in [1.82, 2.24) is 14.6 Å². The van der Waals surface area contributed by atoms with Gasteiger partial charge in [-0.2, -0.15) is 4.72 Å². The summed E-state index contributed by atoms with van der Waals surface area (Å²) in [5.74, 6) is 0.675. The lowest BCUT2D eigenvalue weighted by molar-refractivity contribution is -0.133. The lowest BCUT2D eigenvalue weighted by Crippen LogP contribution is -2.48. The third kappa shape index (κ3) is 7.26. The maximum Gasteiger partial charge on any atom is 0.248 e. The maximum absolute atomic E-state index is 14.0. The number of nitrogens with one attached hydrogen (secondary N) is 2. The minimum atomic E-state index is -4.20. The van der Waals surface area contributed by atoms with Crippen LogP contribution in [0.1, 0.15) is 17.6 Å². The van der Waals surface area contributed by atoms with Crippen LogP contribution < -0.4 is 10.3 Å². The zero-order chi connectivity index (χ0) is 28.7. The topological polar surface area (TPSA) is 122 Å². The van der Waals surface area contributed by atoms with Crippen LogP contribution in [0.4, 0.5) is 0 Å². The summed E-state index contributed by atoms with van der Waals surface area (Å²) in [6.45, 7) is 6.16. The first-order chi connectivity index (χ1) is 19.2. The largest absolute Gasteiger partial charge is 0.501 e. The first kappa shape index (κ1) is 28.8. The fraction of sp³-hybridized carbons (Fsp3) is 0.172. The molecule has 0 aliphatic rings. The van der Waals surface area contributed by atoms with Gasteiger partial charge in [-0.1, -0.05) is 24.8 Å². The zero-order valence-electron chi connectivity index (χ0n) is 22.0. The summed E-state index contributed by atoms with van der Waals surface area (Å²) in [5, 5.41) is 2.44. The summed E-state index contributed by atoms with van der Waals surface area (Å²) in [6.07, 6.45) is 6.40. The number of benzene rings is 1. The summed E-state index contributed by atoms with van der Waals surface area (Å²) >= 11 is 1.49. The number of sulfonamides is 1. The number of aromatic nitrogens is 1. The van der Waals surface area contributed by atoms with Crippen LogP contribution in [-0.2, 0) is 32.6 Å². The number of rotatable bonds is 12. The molecular weight excluding hydrogens is 550 g/mol. The molecule has 3 aromatic heterocycles. The van der Waals surface area contributed by atoms with Crippen molar-refractivity contribution in [2.75, 3.05) is 7.11 Å². The molecular formula is C29H29N3O6S2. The van der Waals surface area contributed by atoms with E-state index in [1.807, 2.05) is 17.5 Å². The molecule has 40 heavy (non-hydrogen) atoms. The van der Waals surface area contributed by atoms with Crippen molar-refractivity contribution in [3.05, 3.63) is 123 Å². The monoisotopic (exact) mass is 579 g/mol. The molecule has 9 nitrogen and oxygen atoms in total. The number of hydrogen-bond acceptors (Lipinski definition) is 7. The highest BCUT2D eigenvalue weighted by Gasteiger charge is 2.31. The van der Waals surface area contributed by atoms with Crippen molar-refractivity contribution < 1.29 is 22.4 Å². The summed E-state index contributed by atoms with van der Waals surface area (Å²) < 4.78 is 40.3. The fourth-order valence-corrected chi connectivity index (χ4v) is 5.80. The first-order valence-corrected chi connectivity index (χ1v) is 14.6. The third-order valence-corrected chi connectivity index (χ3v) is 8.31. The predicted octanol–water partition coefficient (Wildman–Crippen LogP) is 4.72. The minimum Gasteiger partial charge on any atom is -0.501 e. The van der Waals surface area contributed by atoms with Gasteiger partial charge in [-0.25, -0.2) is 8.42 Å². The predicted molar refractivity (Wildman–Crippen MR) is 155 cm³/mol. The van der Waals surface area contributed by atoms with E-state index < -0.39 is 22.0 Å². The summed E-state index contributed by atoms with van der Waals surface area (Å²) in [6, 6.07) is 13.1. The molecule has 0 bridgehead atoms. The third-order valence-electron chi connectivity index (χ3n) is 6.02. The molecule has 0 aliphatic carbocycles. The Kier molecular flexibility index (Phi) is 9.20. The zero-order valence-corrected chi connectivity index (χ0v) is 23.6. The van der Waals surface area contributed by atoms with Crippen LogP contribution in [0.5, 0.6) is 0 Å². The quantitative estimate of drug-likeness (QED) is 0.185. The minimum absolute atomic E-state index is 0.0624. The van der Waals surface area contributed by atoms with Gasteiger partial charge < -0.3 is 19.0 Å². The van der Waals surface area contributed by atoms with E-state index in [1.165, 1.54) is 59.9 Å². The number of nitrogens with zero attached hydrogens (tertiary/aromatic N) is 1. The fourth-order valence-electron chi connectivity index (χ4n) is 3.85. The summed E-state index contributed by atoms with van der Waals surface area (Å²) in [4.78, 5) is 30.7. The molecule has 0 fully saturated rings. The van der Waals surface area contributed by atoms with Gasteiger partial charge in [0.1, 0.15) is 11.8 Å². The van der Waals surface area contributed by atoms with Crippen molar-refractivity contribution >= 4 is 38.2 Å². The number of H-pyrrole nitrogens is 1. The summed E-state index contributed by atoms with van der Waals surface area (Å²) in [5.41, 5.74) is 0.428.